The number of aromatic nitrogens is 1. The molecule has 1 aromatic rings. The second-order valence-electron chi connectivity index (χ2n) is 6.61. The van der Waals surface area contributed by atoms with E-state index in [9.17, 15) is 0 Å². The summed E-state index contributed by atoms with van der Waals surface area (Å²) in [5, 5.41) is 4.61. The van der Waals surface area contributed by atoms with Crippen molar-refractivity contribution in [2.75, 3.05) is 25.0 Å². The summed E-state index contributed by atoms with van der Waals surface area (Å²) >= 11 is 1.87. The van der Waals surface area contributed by atoms with Crippen molar-refractivity contribution in [3.8, 4) is 0 Å². The summed E-state index contributed by atoms with van der Waals surface area (Å²) in [4.78, 5) is 8.78. The van der Waals surface area contributed by atoms with Crippen LogP contribution in [0.5, 0.6) is 0 Å². The molecule has 0 amide bonds. The molecule has 0 saturated carbocycles. The van der Waals surface area contributed by atoms with E-state index in [-0.39, 0.29) is 11.7 Å². The van der Waals surface area contributed by atoms with Gasteiger partial charge in [-0.2, -0.15) is 0 Å². The van der Waals surface area contributed by atoms with E-state index in [4.69, 9.17) is 9.72 Å². The second kappa shape index (κ2) is 5.28. The van der Waals surface area contributed by atoms with Crippen LogP contribution >= 0.6 is 11.3 Å². The van der Waals surface area contributed by atoms with Gasteiger partial charge in [0.2, 0.25) is 0 Å². The topological polar surface area (TPSA) is 37.4 Å². The Morgan fingerprint density at radius 1 is 1.45 bits per heavy atom. The monoisotopic (exact) mass is 295 g/mol. The van der Waals surface area contributed by atoms with Crippen LogP contribution in [0.25, 0.3) is 0 Å². The lowest BCUT2D eigenvalue weighted by Crippen LogP contribution is -2.52. The SMILES string of the molecule is CNC1CCCc2nc(N3CC(C)OC(C)(C)C3)sc21. The van der Waals surface area contributed by atoms with Gasteiger partial charge in [0, 0.05) is 24.0 Å². The smallest absolute Gasteiger partial charge is 0.186 e. The zero-order valence-electron chi connectivity index (χ0n) is 12.9. The Labute approximate surface area is 125 Å². The van der Waals surface area contributed by atoms with Gasteiger partial charge in [-0.15, -0.1) is 0 Å². The van der Waals surface area contributed by atoms with E-state index in [1.807, 2.05) is 11.3 Å². The number of fused-ring (bicyclic) bond motifs is 1. The predicted molar refractivity (Wildman–Crippen MR) is 83.7 cm³/mol. The lowest BCUT2D eigenvalue weighted by molar-refractivity contribution is -0.0749. The number of ether oxygens (including phenoxy) is 1. The molecule has 0 radical (unpaired) electrons. The maximum atomic E-state index is 5.99. The van der Waals surface area contributed by atoms with Crippen molar-refractivity contribution in [2.45, 2.75) is 57.8 Å². The Morgan fingerprint density at radius 3 is 2.95 bits per heavy atom. The highest BCUT2D eigenvalue weighted by Crippen LogP contribution is 2.38. The zero-order valence-corrected chi connectivity index (χ0v) is 13.7. The highest BCUT2D eigenvalue weighted by Gasteiger charge is 2.34. The minimum Gasteiger partial charge on any atom is -0.369 e. The van der Waals surface area contributed by atoms with Gasteiger partial charge >= 0.3 is 0 Å². The molecular formula is C15H25N3OS. The van der Waals surface area contributed by atoms with Gasteiger partial charge in [-0.3, -0.25) is 0 Å². The summed E-state index contributed by atoms with van der Waals surface area (Å²) in [5.41, 5.74) is 1.22. The first-order chi connectivity index (χ1) is 9.48. The number of rotatable bonds is 2. The molecule has 1 saturated heterocycles. The maximum Gasteiger partial charge on any atom is 0.186 e. The van der Waals surface area contributed by atoms with Gasteiger partial charge in [0.05, 0.1) is 17.4 Å². The fourth-order valence-electron chi connectivity index (χ4n) is 3.42. The van der Waals surface area contributed by atoms with Crippen LogP contribution in [0, 0.1) is 0 Å². The molecule has 2 atom stereocenters. The van der Waals surface area contributed by atoms with Crippen LogP contribution in [-0.2, 0) is 11.2 Å². The molecule has 4 nitrogen and oxygen atoms in total. The third-order valence-electron chi connectivity index (χ3n) is 4.13. The van der Waals surface area contributed by atoms with Gasteiger partial charge in [-0.05, 0) is 47.1 Å². The number of nitrogens with one attached hydrogen (secondary N) is 1. The second-order valence-corrected chi connectivity index (χ2v) is 7.62. The Morgan fingerprint density at radius 2 is 2.25 bits per heavy atom. The highest BCUT2D eigenvalue weighted by molar-refractivity contribution is 7.15. The Hall–Kier alpha value is -0.650. The normalized spacial score (nSPS) is 29.3. The standard InChI is InChI=1S/C15H25N3OS/c1-10-8-18(9-15(2,3)19-10)14-17-12-7-5-6-11(16-4)13(12)20-14/h10-11,16H,5-9H2,1-4H3. The molecular weight excluding hydrogens is 270 g/mol. The number of thiazole rings is 1. The largest absolute Gasteiger partial charge is 0.369 e. The van der Waals surface area contributed by atoms with E-state index in [1.165, 1.54) is 28.5 Å². The molecule has 0 spiro atoms. The number of nitrogens with zero attached hydrogens (tertiary/aromatic N) is 2. The number of hydrogen-bond donors (Lipinski definition) is 1. The molecule has 1 fully saturated rings. The van der Waals surface area contributed by atoms with Crippen LogP contribution in [0.15, 0.2) is 0 Å². The van der Waals surface area contributed by atoms with E-state index in [0.717, 1.165) is 19.5 Å². The van der Waals surface area contributed by atoms with Crippen molar-refractivity contribution in [3.05, 3.63) is 10.6 Å². The van der Waals surface area contributed by atoms with Crippen molar-refractivity contribution >= 4 is 16.5 Å². The number of aryl methyl sites for hydroxylation is 1. The Bertz CT molecular complexity index is 485. The van der Waals surface area contributed by atoms with Gasteiger partial charge < -0.3 is 15.0 Å². The fraction of sp³-hybridized carbons (Fsp3) is 0.800. The van der Waals surface area contributed by atoms with Crippen molar-refractivity contribution in [1.82, 2.24) is 10.3 Å². The van der Waals surface area contributed by atoms with E-state index in [0.29, 0.717) is 6.04 Å². The third kappa shape index (κ3) is 2.71. The first kappa shape index (κ1) is 14.3. The lowest BCUT2D eigenvalue weighted by Gasteiger charge is -2.41. The Kier molecular flexibility index (Phi) is 3.77. The van der Waals surface area contributed by atoms with Crippen molar-refractivity contribution < 1.29 is 4.74 Å². The molecule has 0 aromatic carbocycles. The number of anilines is 1. The highest BCUT2D eigenvalue weighted by atomic mass is 32.1. The fourth-order valence-corrected chi connectivity index (χ4v) is 4.68. The Balaban J connectivity index is 1.86. The molecule has 2 aliphatic rings. The minimum atomic E-state index is -0.0910. The molecule has 2 unspecified atom stereocenters. The van der Waals surface area contributed by atoms with E-state index < -0.39 is 0 Å². The van der Waals surface area contributed by atoms with Crippen LogP contribution in [0.3, 0.4) is 0 Å². The molecule has 3 rings (SSSR count). The van der Waals surface area contributed by atoms with Gasteiger partial charge in [0.15, 0.2) is 5.13 Å². The average molecular weight is 295 g/mol. The molecule has 20 heavy (non-hydrogen) atoms. The van der Waals surface area contributed by atoms with Crippen LogP contribution in [0.2, 0.25) is 0 Å². The van der Waals surface area contributed by atoms with Crippen LogP contribution in [0.4, 0.5) is 5.13 Å². The number of hydrogen-bond acceptors (Lipinski definition) is 5. The molecule has 112 valence electrons. The van der Waals surface area contributed by atoms with Crippen LogP contribution in [-0.4, -0.2) is 36.8 Å². The van der Waals surface area contributed by atoms with E-state index in [2.05, 4.69) is 38.0 Å². The molecule has 5 heteroatoms. The van der Waals surface area contributed by atoms with Crippen LogP contribution < -0.4 is 10.2 Å². The molecule has 2 heterocycles. The van der Waals surface area contributed by atoms with Crippen molar-refractivity contribution in [3.63, 3.8) is 0 Å². The van der Waals surface area contributed by atoms with Crippen molar-refractivity contribution in [2.24, 2.45) is 0 Å². The summed E-state index contributed by atoms with van der Waals surface area (Å²) in [7, 11) is 2.05. The molecule has 1 N–H and O–H groups in total. The first-order valence-electron chi connectivity index (χ1n) is 7.58. The van der Waals surface area contributed by atoms with Gasteiger partial charge in [-0.1, -0.05) is 11.3 Å². The summed E-state index contributed by atoms with van der Waals surface area (Å²) in [6.45, 7) is 8.35. The lowest BCUT2D eigenvalue weighted by atomic mass is 9.98. The first-order valence-corrected chi connectivity index (χ1v) is 8.40. The van der Waals surface area contributed by atoms with Gasteiger partial charge in [0.1, 0.15) is 0 Å². The predicted octanol–water partition coefficient (Wildman–Crippen LogP) is 2.74. The minimum absolute atomic E-state index is 0.0910. The van der Waals surface area contributed by atoms with Gasteiger partial charge in [-0.25, -0.2) is 4.98 Å². The summed E-state index contributed by atoms with van der Waals surface area (Å²) < 4.78 is 5.99. The quantitative estimate of drug-likeness (QED) is 0.910. The summed E-state index contributed by atoms with van der Waals surface area (Å²) in [6, 6.07) is 0.497. The maximum absolute atomic E-state index is 5.99. The van der Waals surface area contributed by atoms with Crippen molar-refractivity contribution in [1.29, 1.82) is 0 Å². The van der Waals surface area contributed by atoms with Gasteiger partial charge in [0.25, 0.3) is 0 Å². The van der Waals surface area contributed by atoms with E-state index >= 15 is 0 Å². The molecule has 0 bridgehead atoms. The average Bonchev–Trinajstić information content (AvgIpc) is 2.79. The summed E-state index contributed by atoms with van der Waals surface area (Å²) in [5.74, 6) is 0. The molecule has 1 aromatic heterocycles. The molecule has 1 aliphatic carbocycles. The third-order valence-corrected chi connectivity index (χ3v) is 5.40. The zero-order chi connectivity index (χ0) is 14.3. The van der Waals surface area contributed by atoms with Crippen LogP contribution in [0.1, 0.15) is 50.2 Å². The van der Waals surface area contributed by atoms with E-state index in [1.54, 1.807) is 0 Å². The summed E-state index contributed by atoms with van der Waals surface area (Å²) in [6.07, 6.45) is 3.87. The number of morpholine rings is 1. The molecule has 1 aliphatic heterocycles.